The molecule has 0 N–H and O–H groups in total. The van der Waals surface area contributed by atoms with Gasteiger partial charge < -0.3 is 14.7 Å². The first kappa shape index (κ1) is 20.8. The molecule has 0 radical (unpaired) electrons. The maximum Gasteiger partial charge on any atom is 0.270 e. The first-order valence-corrected chi connectivity index (χ1v) is 9.50. The highest BCUT2D eigenvalue weighted by Gasteiger charge is 2.22. The van der Waals surface area contributed by atoms with Gasteiger partial charge in [0.05, 0.1) is 4.92 Å². The number of benzene rings is 1. The Morgan fingerprint density at radius 1 is 1.15 bits per heavy atom. The summed E-state index contributed by atoms with van der Waals surface area (Å²) < 4.78 is 0. The smallest absolute Gasteiger partial charge is 0.270 e. The van der Waals surface area contributed by atoms with Crippen LogP contribution in [0.2, 0.25) is 0 Å². The van der Waals surface area contributed by atoms with Gasteiger partial charge in [0.25, 0.3) is 11.6 Å². The SMILES string of the molecule is CCCN(CCC(=O)N1CCN(CC)CC1)C(=O)c1cccc([N+](=O)[O-])c1. The summed E-state index contributed by atoms with van der Waals surface area (Å²) in [7, 11) is 0. The minimum Gasteiger partial charge on any atom is -0.340 e. The molecule has 0 bridgehead atoms. The van der Waals surface area contributed by atoms with Crippen molar-refractivity contribution in [2.45, 2.75) is 26.7 Å². The van der Waals surface area contributed by atoms with E-state index in [9.17, 15) is 19.7 Å². The molecule has 1 aliphatic heterocycles. The van der Waals surface area contributed by atoms with E-state index >= 15 is 0 Å². The van der Waals surface area contributed by atoms with E-state index in [1.807, 2.05) is 11.8 Å². The summed E-state index contributed by atoms with van der Waals surface area (Å²) in [5.41, 5.74) is 0.170. The van der Waals surface area contributed by atoms with Crippen LogP contribution >= 0.6 is 0 Å². The molecule has 1 heterocycles. The zero-order chi connectivity index (χ0) is 19.8. The highest BCUT2D eigenvalue weighted by atomic mass is 16.6. The van der Waals surface area contributed by atoms with Crippen LogP contribution in [-0.2, 0) is 4.79 Å². The minimum absolute atomic E-state index is 0.0544. The standard InChI is InChI=1S/C19H28N4O4/c1-3-9-22(19(25)16-6-5-7-17(15-16)23(26)27)10-8-18(24)21-13-11-20(4-2)12-14-21/h5-7,15H,3-4,8-14H2,1-2H3. The van der Waals surface area contributed by atoms with Crippen molar-refractivity contribution in [1.82, 2.24) is 14.7 Å². The maximum absolute atomic E-state index is 12.8. The second-order valence-corrected chi connectivity index (χ2v) is 6.66. The number of rotatable bonds is 8. The van der Waals surface area contributed by atoms with Gasteiger partial charge >= 0.3 is 0 Å². The van der Waals surface area contributed by atoms with Crippen molar-refractivity contribution in [2.75, 3.05) is 45.8 Å². The van der Waals surface area contributed by atoms with Gasteiger partial charge in [-0.2, -0.15) is 0 Å². The molecule has 2 amide bonds. The van der Waals surface area contributed by atoms with Gasteiger partial charge in [0, 0.05) is 63.4 Å². The van der Waals surface area contributed by atoms with E-state index < -0.39 is 4.92 Å². The van der Waals surface area contributed by atoms with E-state index in [1.165, 1.54) is 18.2 Å². The second-order valence-electron chi connectivity index (χ2n) is 6.66. The molecule has 1 aliphatic rings. The summed E-state index contributed by atoms with van der Waals surface area (Å²) in [6.45, 7) is 9.10. The highest BCUT2D eigenvalue weighted by Crippen LogP contribution is 2.15. The van der Waals surface area contributed by atoms with Crippen LogP contribution < -0.4 is 0 Å². The average molecular weight is 376 g/mol. The molecule has 2 rings (SSSR count). The maximum atomic E-state index is 12.8. The van der Waals surface area contributed by atoms with Crippen LogP contribution in [0, 0.1) is 10.1 Å². The molecule has 148 valence electrons. The number of carbonyl (C=O) groups excluding carboxylic acids is 2. The molecule has 27 heavy (non-hydrogen) atoms. The van der Waals surface area contributed by atoms with Gasteiger partial charge in [0.1, 0.15) is 0 Å². The van der Waals surface area contributed by atoms with Crippen molar-refractivity contribution < 1.29 is 14.5 Å². The third-order valence-electron chi connectivity index (χ3n) is 4.85. The number of piperazine rings is 1. The van der Waals surface area contributed by atoms with Gasteiger partial charge in [0.2, 0.25) is 5.91 Å². The largest absolute Gasteiger partial charge is 0.340 e. The van der Waals surface area contributed by atoms with Crippen molar-refractivity contribution in [3.05, 3.63) is 39.9 Å². The summed E-state index contributed by atoms with van der Waals surface area (Å²) in [6, 6.07) is 5.73. The van der Waals surface area contributed by atoms with Gasteiger partial charge in [0.15, 0.2) is 0 Å². The predicted molar refractivity (Wildman–Crippen MR) is 103 cm³/mol. The van der Waals surface area contributed by atoms with Crippen LogP contribution in [0.5, 0.6) is 0 Å². The third kappa shape index (κ3) is 5.75. The lowest BCUT2D eigenvalue weighted by molar-refractivity contribution is -0.384. The van der Waals surface area contributed by atoms with E-state index in [2.05, 4.69) is 11.8 Å². The van der Waals surface area contributed by atoms with E-state index in [0.717, 1.165) is 39.1 Å². The third-order valence-corrected chi connectivity index (χ3v) is 4.85. The Hall–Kier alpha value is -2.48. The summed E-state index contributed by atoms with van der Waals surface area (Å²) in [5.74, 6) is -0.220. The zero-order valence-corrected chi connectivity index (χ0v) is 16.1. The Kier molecular flexibility index (Phi) is 7.72. The molecule has 8 nitrogen and oxygen atoms in total. The molecular formula is C19H28N4O4. The molecule has 0 saturated carbocycles. The zero-order valence-electron chi connectivity index (χ0n) is 16.1. The fourth-order valence-corrected chi connectivity index (χ4v) is 3.22. The number of nitrogens with zero attached hydrogens (tertiary/aromatic N) is 4. The van der Waals surface area contributed by atoms with Crippen molar-refractivity contribution >= 4 is 17.5 Å². The molecule has 8 heteroatoms. The van der Waals surface area contributed by atoms with Gasteiger partial charge in [-0.15, -0.1) is 0 Å². The molecule has 0 aromatic heterocycles. The normalized spacial score (nSPS) is 14.8. The number of nitro groups is 1. The van der Waals surface area contributed by atoms with E-state index in [0.29, 0.717) is 13.1 Å². The van der Waals surface area contributed by atoms with Crippen LogP contribution in [0.25, 0.3) is 0 Å². The number of likely N-dealkylation sites (N-methyl/N-ethyl adjacent to an activating group) is 1. The van der Waals surface area contributed by atoms with Crippen LogP contribution in [0.1, 0.15) is 37.0 Å². The summed E-state index contributed by atoms with van der Waals surface area (Å²) in [4.78, 5) is 41.4. The van der Waals surface area contributed by atoms with E-state index in [-0.39, 0.29) is 29.5 Å². The molecule has 0 spiro atoms. The number of hydrogen-bond acceptors (Lipinski definition) is 5. The lowest BCUT2D eigenvalue weighted by atomic mass is 10.1. The fourth-order valence-electron chi connectivity index (χ4n) is 3.22. The predicted octanol–water partition coefficient (Wildman–Crippen LogP) is 2.00. The first-order chi connectivity index (χ1) is 13.0. The molecule has 0 aliphatic carbocycles. The van der Waals surface area contributed by atoms with Gasteiger partial charge in [-0.3, -0.25) is 19.7 Å². The van der Waals surface area contributed by atoms with Crippen LogP contribution in [-0.4, -0.2) is 77.3 Å². The number of amides is 2. The summed E-state index contributed by atoms with van der Waals surface area (Å²) in [6.07, 6.45) is 1.02. The van der Waals surface area contributed by atoms with Crippen molar-refractivity contribution in [3.63, 3.8) is 0 Å². The quantitative estimate of drug-likeness (QED) is 0.512. The number of carbonyl (C=O) groups is 2. The Morgan fingerprint density at radius 2 is 1.85 bits per heavy atom. The van der Waals surface area contributed by atoms with Crippen LogP contribution in [0.4, 0.5) is 5.69 Å². The summed E-state index contributed by atoms with van der Waals surface area (Å²) >= 11 is 0. The first-order valence-electron chi connectivity index (χ1n) is 9.50. The van der Waals surface area contributed by atoms with Gasteiger partial charge in [-0.25, -0.2) is 0 Å². The van der Waals surface area contributed by atoms with Crippen molar-refractivity contribution in [3.8, 4) is 0 Å². The lowest BCUT2D eigenvalue weighted by Gasteiger charge is -2.34. The Labute approximate surface area is 159 Å². The lowest BCUT2D eigenvalue weighted by Crippen LogP contribution is -2.49. The molecular weight excluding hydrogens is 348 g/mol. The van der Waals surface area contributed by atoms with E-state index in [1.54, 1.807) is 11.0 Å². The average Bonchev–Trinajstić information content (AvgIpc) is 2.70. The number of hydrogen-bond donors (Lipinski definition) is 0. The van der Waals surface area contributed by atoms with E-state index in [4.69, 9.17) is 0 Å². The minimum atomic E-state index is -0.513. The fraction of sp³-hybridized carbons (Fsp3) is 0.579. The number of non-ortho nitro benzene ring substituents is 1. The molecule has 0 atom stereocenters. The monoisotopic (exact) mass is 376 g/mol. The Bertz CT molecular complexity index is 671. The van der Waals surface area contributed by atoms with Gasteiger partial charge in [-0.1, -0.05) is 19.9 Å². The topological polar surface area (TPSA) is 87.0 Å². The molecule has 1 aromatic rings. The van der Waals surface area contributed by atoms with Crippen molar-refractivity contribution in [1.29, 1.82) is 0 Å². The van der Waals surface area contributed by atoms with Crippen LogP contribution in [0.3, 0.4) is 0 Å². The molecule has 1 aromatic carbocycles. The highest BCUT2D eigenvalue weighted by molar-refractivity contribution is 5.95. The number of nitro benzene ring substituents is 1. The second kappa shape index (κ2) is 10.0. The van der Waals surface area contributed by atoms with Crippen LogP contribution in [0.15, 0.2) is 24.3 Å². The molecule has 1 saturated heterocycles. The molecule has 1 fully saturated rings. The van der Waals surface area contributed by atoms with Gasteiger partial charge in [-0.05, 0) is 19.0 Å². The van der Waals surface area contributed by atoms with Crippen molar-refractivity contribution in [2.24, 2.45) is 0 Å². The molecule has 0 unspecified atom stereocenters. The summed E-state index contributed by atoms with van der Waals surface area (Å²) in [5, 5.41) is 10.9. The Morgan fingerprint density at radius 3 is 2.44 bits per heavy atom. The Balaban J connectivity index is 1.96.